The summed E-state index contributed by atoms with van der Waals surface area (Å²) < 4.78 is 15.5. The third-order valence-corrected chi connectivity index (χ3v) is 4.63. The molecule has 0 saturated carbocycles. The highest BCUT2D eigenvalue weighted by molar-refractivity contribution is 7.46. The number of phosphoric ester groups is 1. The van der Waals surface area contributed by atoms with Crippen molar-refractivity contribution in [1.82, 2.24) is 10.2 Å². The van der Waals surface area contributed by atoms with Gasteiger partial charge in [0.25, 0.3) is 0 Å². The molecule has 2 atom stereocenters. The summed E-state index contributed by atoms with van der Waals surface area (Å²) in [6.45, 7) is -0.0727. The van der Waals surface area contributed by atoms with Gasteiger partial charge in [0.2, 0.25) is 0 Å². The van der Waals surface area contributed by atoms with E-state index in [1.165, 1.54) is 4.90 Å². The Bertz CT molecular complexity index is 664. The smallest absolute Gasteiger partial charge is 0.469 e. The minimum atomic E-state index is -4.69. The van der Waals surface area contributed by atoms with Crippen LogP contribution in [0, 0.1) is 0 Å². The number of likely N-dealkylation sites (tertiary alicyclic amines) is 1. The Hall–Kier alpha value is -1.93. The topological polar surface area (TPSA) is 136 Å². The molecule has 2 unspecified atom stereocenters. The van der Waals surface area contributed by atoms with Crippen LogP contribution < -0.4 is 5.32 Å². The van der Waals surface area contributed by atoms with Crippen LogP contribution >= 0.6 is 7.82 Å². The van der Waals surface area contributed by atoms with Crippen LogP contribution in [0.25, 0.3) is 0 Å². The van der Waals surface area contributed by atoms with E-state index in [4.69, 9.17) is 9.79 Å². The second-order valence-corrected chi connectivity index (χ2v) is 7.41. The lowest BCUT2D eigenvalue weighted by Gasteiger charge is -2.34. The summed E-state index contributed by atoms with van der Waals surface area (Å²) in [5.74, 6) is -1.06. The Morgan fingerprint density at radius 3 is 2.58 bits per heavy atom. The van der Waals surface area contributed by atoms with Gasteiger partial charge in [0.05, 0.1) is 12.6 Å². The summed E-state index contributed by atoms with van der Waals surface area (Å²) in [6, 6.07) is 6.89. The van der Waals surface area contributed by atoms with E-state index >= 15 is 0 Å². The highest BCUT2D eigenvalue weighted by Crippen LogP contribution is 2.35. The molecule has 0 spiro atoms. The summed E-state index contributed by atoms with van der Waals surface area (Å²) in [5, 5.41) is 11.9. The van der Waals surface area contributed by atoms with Gasteiger partial charge in [-0.15, -0.1) is 0 Å². The predicted octanol–water partition coefficient (Wildman–Crippen LogP) is 1.36. The first-order valence-electron chi connectivity index (χ1n) is 8.30. The number of rotatable bonds is 7. The summed E-state index contributed by atoms with van der Waals surface area (Å²) in [7, 11) is -4.69. The van der Waals surface area contributed by atoms with Crippen LogP contribution in [-0.4, -0.2) is 57.0 Å². The first-order chi connectivity index (χ1) is 12.3. The molecule has 26 heavy (non-hydrogen) atoms. The largest absolute Gasteiger partial charge is 0.480 e. The molecule has 0 aromatic heterocycles. The summed E-state index contributed by atoms with van der Waals surface area (Å²) in [5.41, 5.74) is 0.848. The highest BCUT2D eigenvalue weighted by atomic mass is 31.2. The molecule has 1 aliphatic heterocycles. The standard InChI is InChI=1S/C16H23N2O7P/c19-15(20)14-8-4-5-9-18(14)16(21)17-13(11-25-26(22,23)24)10-12-6-2-1-3-7-12/h1-3,6-7,13-14H,4-5,8-11H2,(H,17,21)(H,19,20)(H2,22,23,24). The van der Waals surface area contributed by atoms with Crippen molar-refractivity contribution in [3.63, 3.8) is 0 Å². The van der Waals surface area contributed by atoms with Gasteiger partial charge in [0.1, 0.15) is 6.04 Å². The molecule has 4 N–H and O–H groups in total. The van der Waals surface area contributed by atoms with E-state index in [1.807, 2.05) is 30.3 Å². The lowest BCUT2D eigenvalue weighted by molar-refractivity contribution is -0.143. The van der Waals surface area contributed by atoms with E-state index in [1.54, 1.807) is 0 Å². The summed E-state index contributed by atoms with van der Waals surface area (Å²) in [4.78, 5) is 43.0. The third kappa shape index (κ3) is 6.42. The molecular weight excluding hydrogens is 363 g/mol. The molecule has 1 heterocycles. The van der Waals surface area contributed by atoms with Crippen molar-refractivity contribution < 1.29 is 33.6 Å². The van der Waals surface area contributed by atoms with Crippen molar-refractivity contribution in [2.75, 3.05) is 13.2 Å². The van der Waals surface area contributed by atoms with Crippen LogP contribution in [0.15, 0.2) is 30.3 Å². The van der Waals surface area contributed by atoms with Gasteiger partial charge >= 0.3 is 19.8 Å². The zero-order valence-corrected chi connectivity index (χ0v) is 15.0. The molecule has 144 valence electrons. The van der Waals surface area contributed by atoms with Crippen LogP contribution in [-0.2, 0) is 20.3 Å². The molecule has 10 heteroatoms. The maximum atomic E-state index is 12.5. The fourth-order valence-electron chi connectivity index (χ4n) is 2.93. The molecule has 0 aliphatic carbocycles. The van der Waals surface area contributed by atoms with E-state index in [-0.39, 0.29) is 6.42 Å². The number of nitrogens with one attached hydrogen (secondary N) is 1. The molecule has 2 rings (SSSR count). The third-order valence-electron chi connectivity index (χ3n) is 4.15. The van der Waals surface area contributed by atoms with Crippen molar-refractivity contribution in [3.05, 3.63) is 35.9 Å². The number of carboxylic acid groups (broad SMARTS) is 1. The molecule has 1 aliphatic rings. The monoisotopic (exact) mass is 386 g/mol. The first-order valence-corrected chi connectivity index (χ1v) is 9.83. The minimum Gasteiger partial charge on any atom is -0.480 e. The molecule has 0 bridgehead atoms. The number of hydrogen-bond acceptors (Lipinski definition) is 4. The number of carbonyl (C=O) groups excluding carboxylic acids is 1. The van der Waals surface area contributed by atoms with Crippen LogP contribution in [0.1, 0.15) is 24.8 Å². The molecule has 0 radical (unpaired) electrons. The Labute approximate surface area is 151 Å². The van der Waals surface area contributed by atoms with Gasteiger partial charge in [0, 0.05) is 6.54 Å². The number of carbonyl (C=O) groups is 2. The molecule has 2 amide bonds. The molecule has 1 saturated heterocycles. The number of nitrogens with zero attached hydrogens (tertiary/aromatic N) is 1. The average molecular weight is 386 g/mol. The second kappa shape index (κ2) is 9.14. The van der Waals surface area contributed by atoms with Crippen LogP contribution in [0.3, 0.4) is 0 Å². The molecule has 9 nitrogen and oxygen atoms in total. The Morgan fingerprint density at radius 2 is 1.96 bits per heavy atom. The number of phosphoric acid groups is 1. The van der Waals surface area contributed by atoms with Crippen molar-refractivity contribution >= 4 is 19.8 Å². The number of hydrogen-bond donors (Lipinski definition) is 4. The molecular formula is C16H23N2O7P. The van der Waals surface area contributed by atoms with Crippen LogP contribution in [0.4, 0.5) is 4.79 Å². The van der Waals surface area contributed by atoms with Gasteiger partial charge in [-0.25, -0.2) is 14.2 Å². The number of piperidine rings is 1. The fraction of sp³-hybridized carbons (Fsp3) is 0.500. The average Bonchev–Trinajstić information content (AvgIpc) is 2.60. The SMILES string of the molecule is O=C(O)C1CCCCN1C(=O)NC(COP(=O)(O)O)Cc1ccccc1. The zero-order chi connectivity index (χ0) is 19.2. The molecule has 1 aromatic rings. The van der Waals surface area contributed by atoms with Gasteiger partial charge < -0.3 is 25.1 Å². The Morgan fingerprint density at radius 1 is 1.27 bits per heavy atom. The van der Waals surface area contributed by atoms with Crippen molar-refractivity contribution in [2.24, 2.45) is 0 Å². The lowest BCUT2D eigenvalue weighted by Crippen LogP contribution is -2.54. The van der Waals surface area contributed by atoms with Gasteiger partial charge in [-0.3, -0.25) is 4.52 Å². The van der Waals surface area contributed by atoms with Gasteiger partial charge in [-0.05, 0) is 31.2 Å². The van der Waals surface area contributed by atoms with E-state index in [0.29, 0.717) is 19.4 Å². The van der Waals surface area contributed by atoms with E-state index in [0.717, 1.165) is 12.0 Å². The Kier molecular flexibility index (Phi) is 7.16. The van der Waals surface area contributed by atoms with E-state index in [9.17, 15) is 19.3 Å². The van der Waals surface area contributed by atoms with Crippen molar-refractivity contribution in [2.45, 2.75) is 37.8 Å². The number of aliphatic carboxylic acids is 1. The maximum Gasteiger partial charge on any atom is 0.469 e. The summed E-state index contributed by atoms with van der Waals surface area (Å²) in [6.07, 6.45) is 2.11. The number of benzene rings is 1. The maximum absolute atomic E-state index is 12.5. The minimum absolute atomic E-state index is 0.290. The summed E-state index contributed by atoms with van der Waals surface area (Å²) >= 11 is 0. The first kappa shape index (κ1) is 20.4. The predicted molar refractivity (Wildman–Crippen MR) is 92.4 cm³/mol. The second-order valence-electron chi connectivity index (χ2n) is 6.17. The lowest BCUT2D eigenvalue weighted by atomic mass is 10.0. The fourth-order valence-corrected chi connectivity index (χ4v) is 3.30. The normalized spacial score (nSPS) is 19.0. The molecule has 1 fully saturated rings. The van der Waals surface area contributed by atoms with E-state index < -0.39 is 38.5 Å². The zero-order valence-electron chi connectivity index (χ0n) is 14.2. The Balaban J connectivity index is 2.07. The van der Waals surface area contributed by atoms with E-state index in [2.05, 4.69) is 9.84 Å². The van der Waals surface area contributed by atoms with Crippen molar-refractivity contribution in [3.8, 4) is 0 Å². The van der Waals surface area contributed by atoms with Crippen LogP contribution in [0.2, 0.25) is 0 Å². The number of amides is 2. The quantitative estimate of drug-likeness (QED) is 0.519. The number of carboxylic acids is 1. The van der Waals surface area contributed by atoms with Gasteiger partial charge in [0.15, 0.2) is 0 Å². The van der Waals surface area contributed by atoms with Gasteiger partial charge in [-0.1, -0.05) is 30.3 Å². The van der Waals surface area contributed by atoms with Gasteiger partial charge in [-0.2, -0.15) is 0 Å². The molecule has 1 aromatic carbocycles. The van der Waals surface area contributed by atoms with Crippen molar-refractivity contribution in [1.29, 1.82) is 0 Å². The highest BCUT2D eigenvalue weighted by Gasteiger charge is 2.33. The number of urea groups is 1. The van der Waals surface area contributed by atoms with Crippen LogP contribution in [0.5, 0.6) is 0 Å².